The summed E-state index contributed by atoms with van der Waals surface area (Å²) in [6.45, 7) is 4.29. The van der Waals surface area contributed by atoms with Gasteiger partial charge in [0.1, 0.15) is 6.29 Å². The quantitative estimate of drug-likeness (QED) is 0.494. The van der Waals surface area contributed by atoms with Crippen LogP contribution in [0.15, 0.2) is 24.3 Å². The van der Waals surface area contributed by atoms with E-state index in [9.17, 15) is 4.79 Å². The van der Waals surface area contributed by atoms with Gasteiger partial charge in [0.25, 0.3) is 0 Å². The molecule has 0 spiro atoms. The van der Waals surface area contributed by atoms with Crippen LogP contribution in [0.1, 0.15) is 56.1 Å². The highest BCUT2D eigenvalue weighted by Crippen LogP contribution is 2.23. The fourth-order valence-corrected chi connectivity index (χ4v) is 2.09. The van der Waals surface area contributed by atoms with Gasteiger partial charge in [-0.15, -0.1) is 0 Å². The van der Waals surface area contributed by atoms with Gasteiger partial charge in [0, 0.05) is 5.92 Å². The van der Waals surface area contributed by atoms with Gasteiger partial charge in [-0.1, -0.05) is 56.9 Å². The number of aryl methyl sites for hydroxylation is 1. The number of unbranched alkanes of at least 4 members (excludes halogenated alkanes) is 3. The molecule has 1 heteroatoms. The molecule has 0 fully saturated rings. The molecular weight excluding hydrogens is 196 g/mol. The highest BCUT2D eigenvalue weighted by molar-refractivity contribution is 5.63. The molecule has 0 N–H and O–H groups in total. The largest absolute Gasteiger partial charge is 0.303 e. The first kappa shape index (κ1) is 13.0. The van der Waals surface area contributed by atoms with Crippen molar-refractivity contribution in [2.45, 2.75) is 51.9 Å². The van der Waals surface area contributed by atoms with Crippen LogP contribution in [0.3, 0.4) is 0 Å². The zero-order valence-electron chi connectivity index (χ0n) is 10.4. The van der Waals surface area contributed by atoms with Crippen molar-refractivity contribution in [3.05, 3.63) is 35.4 Å². The van der Waals surface area contributed by atoms with Crippen molar-refractivity contribution >= 4 is 6.29 Å². The summed E-state index contributed by atoms with van der Waals surface area (Å²) in [4.78, 5) is 11.1. The van der Waals surface area contributed by atoms with Crippen LogP contribution in [-0.2, 0) is 4.79 Å². The van der Waals surface area contributed by atoms with Gasteiger partial charge in [-0.3, -0.25) is 0 Å². The second kappa shape index (κ2) is 7.21. The summed E-state index contributed by atoms with van der Waals surface area (Å²) in [5, 5.41) is 0. The van der Waals surface area contributed by atoms with Crippen molar-refractivity contribution in [2.75, 3.05) is 0 Å². The van der Waals surface area contributed by atoms with Crippen LogP contribution in [0.5, 0.6) is 0 Å². The minimum Gasteiger partial charge on any atom is -0.303 e. The zero-order valence-corrected chi connectivity index (χ0v) is 10.4. The summed E-state index contributed by atoms with van der Waals surface area (Å²) < 4.78 is 0. The molecule has 0 aromatic heterocycles. The molecular formula is C15H22O. The van der Waals surface area contributed by atoms with Crippen molar-refractivity contribution in [1.82, 2.24) is 0 Å². The van der Waals surface area contributed by atoms with E-state index < -0.39 is 0 Å². The van der Waals surface area contributed by atoms with Crippen LogP contribution >= 0.6 is 0 Å². The maximum atomic E-state index is 11.1. The summed E-state index contributed by atoms with van der Waals surface area (Å²) in [6.07, 6.45) is 7.02. The molecule has 0 radical (unpaired) electrons. The second-order valence-corrected chi connectivity index (χ2v) is 4.45. The van der Waals surface area contributed by atoms with Gasteiger partial charge in [-0.05, 0) is 24.5 Å². The van der Waals surface area contributed by atoms with E-state index >= 15 is 0 Å². The third kappa shape index (κ3) is 3.80. The first-order valence-electron chi connectivity index (χ1n) is 6.30. The van der Waals surface area contributed by atoms with Crippen LogP contribution in [0.2, 0.25) is 0 Å². The van der Waals surface area contributed by atoms with Crippen molar-refractivity contribution in [3.63, 3.8) is 0 Å². The molecule has 16 heavy (non-hydrogen) atoms. The molecule has 1 unspecified atom stereocenters. The van der Waals surface area contributed by atoms with Crippen LogP contribution in [0.4, 0.5) is 0 Å². The molecule has 0 amide bonds. The molecule has 0 aliphatic heterocycles. The number of benzene rings is 1. The minimum absolute atomic E-state index is 0.0954. The first-order valence-corrected chi connectivity index (χ1v) is 6.30. The molecule has 0 heterocycles. The lowest BCUT2D eigenvalue weighted by molar-refractivity contribution is -0.109. The third-order valence-corrected chi connectivity index (χ3v) is 3.12. The van der Waals surface area contributed by atoms with Crippen molar-refractivity contribution < 1.29 is 4.79 Å². The number of aldehydes is 1. The molecule has 88 valence electrons. The molecule has 0 saturated carbocycles. The Morgan fingerprint density at radius 2 is 1.94 bits per heavy atom. The Morgan fingerprint density at radius 3 is 2.56 bits per heavy atom. The Hall–Kier alpha value is -1.11. The number of hydrogen-bond donors (Lipinski definition) is 0. The molecule has 1 atom stereocenters. The molecule has 1 aromatic carbocycles. The molecule has 1 nitrogen and oxygen atoms in total. The van der Waals surface area contributed by atoms with Gasteiger partial charge < -0.3 is 4.79 Å². The maximum absolute atomic E-state index is 11.1. The lowest BCUT2D eigenvalue weighted by atomic mass is 9.91. The number of carbonyl (C=O) groups excluding carboxylic acids is 1. The van der Waals surface area contributed by atoms with Gasteiger partial charge >= 0.3 is 0 Å². The summed E-state index contributed by atoms with van der Waals surface area (Å²) >= 11 is 0. The van der Waals surface area contributed by atoms with E-state index in [0.29, 0.717) is 0 Å². The van der Waals surface area contributed by atoms with E-state index in [0.717, 1.165) is 19.1 Å². The monoisotopic (exact) mass is 218 g/mol. The van der Waals surface area contributed by atoms with E-state index in [1.54, 1.807) is 0 Å². The van der Waals surface area contributed by atoms with E-state index in [4.69, 9.17) is 0 Å². The Kier molecular flexibility index (Phi) is 5.84. The summed E-state index contributed by atoms with van der Waals surface area (Å²) in [5.74, 6) is 0.0954. The Labute approximate surface area is 98.9 Å². The third-order valence-electron chi connectivity index (χ3n) is 3.12. The highest BCUT2D eigenvalue weighted by Gasteiger charge is 2.11. The van der Waals surface area contributed by atoms with E-state index in [2.05, 4.69) is 26.0 Å². The Balaban J connectivity index is 2.54. The molecule has 0 aliphatic carbocycles. The van der Waals surface area contributed by atoms with E-state index in [1.807, 2.05) is 12.1 Å². The lowest BCUT2D eigenvalue weighted by Crippen LogP contribution is -2.02. The van der Waals surface area contributed by atoms with Crippen molar-refractivity contribution in [2.24, 2.45) is 0 Å². The number of hydrogen-bond acceptors (Lipinski definition) is 1. The van der Waals surface area contributed by atoms with Crippen LogP contribution in [-0.4, -0.2) is 6.29 Å². The smallest absolute Gasteiger partial charge is 0.127 e. The molecule has 0 saturated heterocycles. The van der Waals surface area contributed by atoms with Crippen molar-refractivity contribution in [3.8, 4) is 0 Å². The maximum Gasteiger partial charge on any atom is 0.127 e. The second-order valence-electron chi connectivity index (χ2n) is 4.45. The van der Waals surface area contributed by atoms with Crippen molar-refractivity contribution in [1.29, 1.82) is 0 Å². The van der Waals surface area contributed by atoms with Gasteiger partial charge in [0.05, 0.1) is 0 Å². The van der Waals surface area contributed by atoms with Crippen LogP contribution < -0.4 is 0 Å². The molecule has 0 aliphatic rings. The van der Waals surface area contributed by atoms with Gasteiger partial charge in [0.15, 0.2) is 0 Å². The lowest BCUT2D eigenvalue weighted by Gasteiger charge is -2.13. The van der Waals surface area contributed by atoms with Crippen LogP contribution in [0, 0.1) is 6.92 Å². The topological polar surface area (TPSA) is 17.1 Å². The fourth-order valence-electron chi connectivity index (χ4n) is 2.09. The summed E-state index contributed by atoms with van der Waals surface area (Å²) in [5.41, 5.74) is 2.43. The van der Waals surface area contributed by atoms with Gasteiger partial charge in [-0.2, -0.15) is 0 Å². The summed E-state index contributed by atoms with van der Waals surface area (Å²) in [7, 11) is 0. The highest BCUT2D eigenvalue weighted by atomic mass is 16.1. The average Bonchev–Trinajstić information content (AvgIpc) is 2.31. The minimum atomic E-state index is 0.0954. The van der Waals surface area contributed by atoms with E-state index in [-0.39, 0.29) is 5.92 Å². The average molecular weight is 218 g/mol. The van der Waals surface area contributed by atoms with Gasteiger partial charge in [0.2, 0.25) is 0 Å². The van der Waals surface area contributed by atoms with Gasteiger partial charge in [-0.25, -0.2) is 0 Å². The predicted molar refractivity (Wildman–Crippen MR) is 68.7 cm³/mol. The van der Waals surface area contributed by atoms with Crippen LogP contribution in [0.25, 0.3) is 0 Å². The molecule has 0 bridgehead atoms. The normalized spacial score (nSPS) is 12.4. The predicted octanol–water partition coefficient (Wildman–Crippen LogP) is 4.25. The SMILES string of the molecule is CCCCCCC(C=O)c1ccccc1C. The Morgan fingerprint density at radius 1 is 1.19 bits per heavy atom. The van der Waals surface area contributed by atoms with E-state index in [1.165, 1.54) is 30.4 Å². The summed E-state index contributed by atoms with van der Waals surface area (Å²) in [6, 6.07) is 8.20. The number of carbonyl (C=O) groups is 1. The zero-order chi connectivity index (χ0) is 11.8. The Bertz CT molecular complexity index is 317. The molecule has 1 rings (SSSR count). The standard InChI is InChI=1S/C15H22O/c1-3-4-5-6-10-14(12-16)15-11-8-7-9-13(15)2/h7-9,11-12,14H,3-6,10H2,1-2H3. The first-order chi connectivity index (χ1) is 7.79. The fraction of sp³-hybridized carbons (Fsp3) is 0.533. The number of rotatable bonds is 7. The molecule has 1 aromatic rings.